The highest BCUT2D eigenvalue weighted by Gasteiger charge is 2.29. The van der Waals surface area contributed by atoms with Gasteiger partial charge in [0.25, 0.3) is 0 Å². The molecule has 0 spiro atoms. The molecule has 0 atom stereocenters. The van der Waals surface area contributed by atoms with E-state index in [0.29, 0.717) is 11.6 Å². The lowest BCUT2D eigenvalue weighted by molar-refractivity contribution is 0.306. The summed E-state index contributed by atoms with van der Waals surface area (Å²) in [6, 6.07) is 8.15. The van der Waals surface area contributed by atoms with Gasteiger partial charge < -0.3 is 22.8 Å². The molecule has 0 bridgehead atoms. The Balaban J connectivity index is 2.19. The van der Waals surface area contributed by atoms with E-state index in [-0.39, 0.29) is 12.4 Å². The van der Waals surface area contributed by atoms with Crippen LogP contribution in [-0.2, 0) is 6.61 Å². The maximum Gasteiger partial charge on any atom is 0.513 e. The molecule has 0 aliphatic heterocycles. The van der Waals surface area contributed by atoms with Gasteiger partial charge in [0.05, 0.1) is 5.75 Å². The summed E-state index contributed by atoms with van der Waals surface area (Å²) >= 11 is 0. The number of hydrogen-bond donors (Lipinski definition) is 1. The standard InChI is InChI=1S/C13H10BF4O2/c15-10-3-6-13(12(7-10)14(16,17)18)20-8-9-1-4-11(19)5-2-9/h1-7,19H,8H2/q-1. The summed E-state index contributed by atoms with van der Waals surface area (Å²) in [5.41, 5.74) is -0.503. The van der Waals surface area contributed by atoms with E-state index in [0.717, 1.165) is 12.1 Å². The van der Waals surface area contributed by atoms with Crippen LogP contribution in [0.5, 0.6) is 11.5 Å². The van der Waals surface area contributed by atoms with E-state index < -0.39 is 24.0 Å². The van der Waals surface area contributed by atoms with Crippen molar-refractivity contribution in [2.75, 3.05) is 0 Å². The summed E-state index contributed by atoms with van der Waals surface area (Å²) < 4.78 is 56.4. The van der Waals surface area contributed by atoms with Crippen molar-refractivity contribution in [3.63, 3.8) is 0 Å². The first-order valence-electron chi connectivity index (χ1n) is 5.76. The van der Waals surface area contributed by atoms with Crippen LogP contribution in [0.3, 0.4) is 0 Å². The third-order valence-corrected chi connectivity index (χ3v) is 2.66. The molecule has 0 aromatic heterocycles. The molecule has 0 amide bonds. The molecule has 2 aromatic carbocycles. The Labute approximate surface area is 112 Å². The van der Waals surface area contributed by atoms with Gasteiger partial charge in [-0.15, -0.1) is 0 Å². The number of rotatable bonds is 4. The summed E-state index contributed by atoms with van der Waals surface area (Å²) in [7, 11) is 0. The molecule has 0 radical (unpaired) electrons. The highest BCUT2D eigenvalue weighted by molar-refractivity contribution is 6.74. The monoisotopic (exact) mass is 285 g/mol. The smallest absolute Gasteiger partial charge is 0.508 e. The minimum Gasteiger partial charge on any atom is -0.508 e. The number of halogens is 4. The van der Waals surface area contributed by atoms with Gasteiger partial charge in [0.1, 0.15) is 18.2 Å². The van der Waals surface area contributed by atoms with Crippen molar-refractivity contribution in [2.24, 2.45) is 0 Å². The third-order valence-electron chi connectivity index (χ3n) is 2.66. The van der Waals surface area contributed by atoms with Crippen molar-refractivity contribution < 1.29 is 27.2 Å². The van der Waals surface area contributed by atoms with Crippen molar-refractivity contribution in [3.05, 3.63) is 53.8 Å². The number of phenolic OH excluding ortho intramolecular Hbond substituents is 1. The topological polar surface area (TPSA) is 29.5 Å². The molecule has 7 heteroatoms. The van der Waals surface area contributed by atoms with Crippen molar-refractivity contribution in [1.82, 2.24) is 0 Å². The second-order valence-electron chi connectivity index (χ2n) is 4.21. The molecule has 0 unspecified atom stereocenters. The minimum atomic E-state index is -5.35. The second kappa shape index (κ2) is 5.44. The first-order chi connectivity index (χ1) is 9.36. The summed E-state index contributed by atoms with van der Waals surface area (Å²) in [6.07, 6.45) is 0. The maximum absolute atomic E-state index is 12.9. The summed E-state index contributed by atoms with van der Waals surface area (Å²) in [5, 5.41) is 9.09. The summed E-state index contributed by atoms with van der Waals surface area (Å²) in [5.74, 6) is -1.32. The molecule has 0 heterocycles. The summed E-state index contributed by atoms with van der Waals surface area (Å²) in [4.78, 5) is 0. The van der Waals surface area contributed by atoms with Gasteiger partial charge in [-0.2, -0.15) is 0 Å². The van der Waals surface area contributed by atoms with Crippen LogP contribution in [0.1, 0.15) is 5.56 Å². The molecule has 0 fully saturated rings. The lowest BCUT2D eigenvalue weighted by Crippen LogP contribution is -2.35. The number of phenols is 1. The zero-order valence-electron chi connectivity index (χ0n) is 10.2. The molecule has 0 aliphatic carbocycles. The van der Waals surface area contributed by atoms with Crippen LogP contribution < -0.4 is 10.2 Å². The van der Waals surface area contributed by atoms with Gasteiger partial charge in [0.2, 0.25) is 0 Å². The fraction of sp³-hybridized carbons (Fsp3) is 0.0769. The van der Waals surface area contributed by atoms with Crippen LogP contribution >= 0.6 is 0 Å². The number of ether oxygens (including phenoxy) is 1. The predicted octanol–water partition coefficient (Wildman–Crippen LogP) is 3.16. The van der Waals surface area contributed by atoms with Crippen molar-refractivity contribution in [2.45, 2.75) is 6.61 Å². The molecular weight excluding hydrogens is 275 g/mol. The zero-order valence-corrected chi connectivity index (χ0v) is 10.2. The molecule has 20 heavy (non-hydrogen) atoms. The highest BCUT2D eigenvalue weighted by Crippen LogP contribution is 2.20. The molecule has 0 saturated heterocycles. The van der Waals surface area contributed by atoms with Crippen LogP contribution in [0.4, 0.5) is 17.3 Å². The van der Waals surface area contributed by atoms with Gasteiger partial charge in [0, 0.05) is 0 Å². The molecule has 2 rings (SSSR count). The van der Waals surface area contributed by atoms with Crippen LogP contribution in [0, 0.1) is 5.82 Å². The quantitative estimate of drug-likeness (QED) is 0.690. The number of benzene rings is 2. The fourth-order valence-electron chi connectivity index (χ4n) is 1.66. The van der Waals surface area contributed by atoms with Crippen LogP contribution in [0.15, 0.2) is 42.5 Å². The Bertz CT molecular complexity index is 596. The largest absolute Gasteiger partial charge is 0.513 e. The first-order valence-corrected chi connectivity index (χ1v) is 5.76. The molecular formula is C13H10BF4O2-. The second-order valence-corrected chi connectivity index (χ2v) is 4.21. The Morgan fingerprint density at radius 2 is 1.65 bits per heavy atom. The van der Waals surface area contributed by atoms with E-state index >= 15 is 0 Å². The van der Waals surface area contributed by atoms with Gasteiger partial charge in [-0.3, -0.25) is 0 Å². The van der Waals surface area contributed by atoms with Crippen molar-refractivity contribution in [3.8, 4) is 11.5 Å². The van der Waals surface area contributed by atoms with Crippen LogP contribution in [-0.4, -0.2) is 12.1 Å². The van der Waals surface area contributed by atoms with E-state index in [4.69, 9.17) is 9.84 Å². The van der Waals surface area contributed by atoms with E-state index in [1.807, 2.05) is 0 Å². The molecule has 106 valence electrons. The van der Waals surface area contributed by atoms with Gasteiger partial charge in [-0.25, -0.2) is 4.39 Å². The normalized spacial score (nSPS) is 11.4. The van der Waals surface area contributed by atoms with Crippen LogP contribution in [0.25, 0.3) is 0 Å². The molecule has 2 nitrogen and oxygen atoms in total. The fourth-order valence-corrected chi connectivity index (χ4v) is 1.66. The Kier molecular flexibility index (Phi) is 3.87. The summed E-state index contributed by atoms with van der Waals surface area (Å²) in [6.45, 7) is -5.46. The average molecular weight is 285 g/mol. The Morgan fingerprint density at radius 1 is 1.00 bits per heavy atom. The zero-order chi connectivity index (χ0) is 14.8. The lowest BCUT2D eigenvalue weighted by atomic mass is 9.79. The van der Waals surface area contributed by atoms with E-state index in [1.165, 1.54) is 24.3 Å². The molecule has 2 aromatic rings. The van der Waals surface area contributed by atoms with Gasteiger partial charge in [-0.05, 0) is 35.9 Å². The van der Waals surface area contributed by atoms with Crippen molar-refractivity contribution in [1.29, 1.82) is 0 Å². The SMILES string of the molecule is Oc1ccc(COc2ccc(F)cc2[B-](F)(F)F)cc1. The van der Waals surface area contributed by atoms with Gasteiger partial charge in [0.15, 0.2) is 0 Å². The molecule has 0 saturated carbocycles. The molecule has 1 N–H and O–H groups in total. The van der Waals surface area contributed by atoms with Gasteiger partial charge in [-0.1, -0.05) is 17.6 Å². The van der Waals surface area contributed by atoms with E-state index in [1.54, 1.807) is 0 Å². The highest BCUT2D eigenvalue weighted by atomic mass is 19.4. The maximum atomic E-state index is 12.9. The third kappa shape index (κ3) is 3.43. The van der Waals surface area contributed by atoms with E-state index in [2.05, 4.69) is 0 Å². The van der Waals surface area contributed by atoms with Crippen LogP contribution in [0.2, 0.25) is 0 Å². The predicted molar refractivity (Wildman–Crippen MR) is 67.6 cm³/mol. The lowest BCUT2D eigenvalue weighted by Gasteiger charge is -2.20. The molecule has 0 aliphatic rings. The number of hydrogen-bond acceptors (Lipinski definition) is 2. The average Bonchev–Trinajstić information content (AvgIpc) is 2.38. The minimum absolute atomic E-state index is 0.0508. The Morgan fingerprint density at radius 3 is 2.25 bits per heavy atom. The first kappa shape index (κ1) is 14.2. The Hall–Kier alpha value is -2.18. The van der Waals surface area contributed by atoms with E-state index in [9.17, 15) is 17.3 Å². The van der Waals surface area contributed by atoms with Gasteiger partial charge >= 0.3 is 6.98 Å². The number of aromatic hydroxyl groups is 1. The van der Waals surface area contributed by atoms with Crippen molar-refractivity contribution >= 4 is 12.4 Å².